The molecule has 0 N–H and O–H groups in total. The van der Waals surface area contributed by atoms with Crippen LogP contribution < -0.4 is 0 Å². The van der Waals surface area contributed by atoms with Gasteiger partial charge in [-0.25, -0.2) is 0 Å². The molecule has 0 radical (unpaired) electrons. The van der Waals surface area contributed by atoms with E-state index in [1.54, 1.807) is 0 Å². The van der Waals surface area contributed by atoms with Gasteiger partial charge in [0, 0.05) is 66.5 Å². The summed E-state index contributed by atoms with van der Waals surface area (Å²) < 4.78 is 10.6. The molecule has 5 fully saturated rings. The first-order valence-electron chi connectivity index (χ1n) is 22.5. The van der Waals surface area contributed by atoms with Crippen molar-refractivity contribution in [2.75, 3.05) is 62.1 Å². The van der Waals surface area contributed by atoms with Crippen LogP contribution in [-0.4, -0.2) is 164 Å². The highest BCUT2D eigenvalue weighted by Crippen LogP contribution is 2.22. The first kappa shape index (κ1) is 51.4. The van der Waals surface area contributed by atoms with E-state index in [1.807, 2.05) is 0 Å². The molecule has 0 spiro atoms. The Balaban J connectivity index is 0.000000325. The Bertz CT molecular complexity index is 857. The molecule has 12 atom stereocenters. The predicted octanol–water partition coefficient (Wildman–Crippen LogP) is 9.09. The van der Waals surface area contributed by atoms with Crippen LogP contribution >= 0.6 is 0 Å². The molecule has 6 aliphatic heterocycles. The molecule has 0 aromatic heterocycles. The van der Waals surface area contributed by atoms with E-state index in [9.17, 15) is 0 Å². The van der Waals surface area contributed by atoms with Gasteiger partial charge in [-0.2, -0.15) is 0 Å². The van der Waals surface area contributed by atoms with E-state index in [0.29, 0.717) is 36.4 Å². The smallest absolute Gasteiger partial charge is 0.107 e. The van der Waals surface area contributed by atoms with Gasteiger partial charge in [0.05, 0.1) is 19.8 Å². The van der Waals surface area contributed by atoms with Crippen molar-refractivity contribution in [3.05, 3.63) is 12.2 Å². The molecular formula is C46H96N6O2. The Morgan fingerprint density at radius 2 is 0.630 bits per heavy atom. The summed E-state index contributed by atoms with van der Waals surface area (Å²) in [4.78, 5) is 14.4. The monoisotopic (exact) mass is 765 g/mol. The van der Waals surface area contributed by atoms with E-state index in [0.717, 1.165) is 56.1 Å². The number of likely N-dealkylation sites (N-methyl/N-ethyl adjacent to an activating group) is 2. The minimum Gasteiger partial charge on any atom is -0.378 e. The van der Waals surface area contributed by atoms with Crippen LogP contribution in [0.25, 0.3) is 0 Å². The molecule has 322 valence electrons. The van der Waals surface area contributed by atoms with E-state index in [4.69, 9.17) is 9.47 Å². The maximum Gasteiger partial charge on any atom is 0.107 e. The van der Waals surface area contributed by atoms with Gasteiger partial charge in [-0.05, 0) is 177 Å². The highest BCUT2D eigenvalue weighted by atomic mass is 16.5. The summed E-state index contributed by atoms with van der Waals surface area (Å²) in [5.41, 5.74) is 0. The molecule has 8 heteroatoms. The van der Waals surface area contributed by atoms with Gasteiger partial charge < -0.3 is 29.1 Å². The molecule has 6 aliphatic rings. The zero-order chi connectivity index (χ0) is 41.1. The topological polar surface area (TPSA) is 37.9 Å². The molecular weight excluding hydrogens is 669 g/mol. The first-order valence-corrected chi connectivity index (χ1v) is 22.5. The van der Waals surface area contributed by atoms with Gasteiger partial charge in [-0.15, -0.1) is 0 Å². The summed E-state index contributed by atoms with van der Waals surface area (Å²) in [6, 6.07) is 8.10. The van der Waals surface area contributed by atoms with Gasteiger partial charge in [0.25, 0.3) is 0 Å². The molecule has 8 nitrogen and oxygen atoms in total. The minimum atomic E-state index is 0.324. The van der Waals surface area contributed by atoms with Crippen LogP contribution in [0.4, 0.5) is 0 Å². The summed E-state index contributed by atoms with van der Waals surface area (Å²) in [5.74, 6) is 0. The highest BCUT2D eigenvalue weighted by molar-refractivity contribution is 4.93. The summed E-state index contributed by atoms with van der Waals surface area (Å²) in [5, 5.41) is 0. The molecule has 0 amide bonds. The summed E-state index contributed by atoms with van der Waals surface area (Å²) in [6.07, 6.45) is 19.9. The summed E-state index contributed by atoms with van der Waals surface area (Å²) in [6.45, 7) is 29.7. The van der Waals surface area contributed by atoms with Gasteiger partial charge in [0.1, 0.15) is 6.23 Å². The van der Waals surface area contributed by atoms with Crippen LogP contribution in [-0.2, 0) is 9.47 Å². The van der Waals surface area contributed by atoms with Gasteiger partial charge >= 0.3 is 0 Å². The van der Waals surface area contributed by atoms with Crippen molar-refractivity contribution in [3.63, 3.8) is 0 Å². The van der Waals surface area contributed by atoms with Crippen molar-refractivity contribution in [1.82, 2.24) is 29.4 Å². The van der Waals surface area contributed by atoms with Crippen LogP contribution in [0, 0.1) is 0 Å². The Morgan fingerprint density at radius 3 is 0.889 bits per heavy atom. The van der Waals surface area contributed by atoms with Gasteiger partial charge in [0.15, 0.2) is 0 Å². The SMILES string of the molecule is CC1CC=CCC(C)N1C.CC1CCC(C)N1C.CC1CCCC(C)N1C.CC1CCCCC(C)N1C.CC1COC(C)N1C.CC1COCC(C)N1C. The van der Waals surface area contributed by atoms with Crippen molar-refractivity contribution >= 4 is 0 Å². The van der Waals surface area contributed by atoms with E-state index in [1.165, 1.54) is 70.6 Å². The average molecular weight is 765 g/mol. The third-order valence-electron chi connectivity index (χ3n) is 14.4. The molecule has 6 rings (SSSR count). The van der Waals surface area contributed by atoms with Gasteiger partial charge in [0.2, 0.25) is 0 Å². The van der Waals surface area contributed by atoms with Crippen LogP contribution in [0.15, 0.2) is 12.2 Å². The first-order chi connectivity index (χ1) is 25.3. The lowest BCUT2D eigenvalue weighted by molar-refractivity contribution is -0.0227. The van der Waals surface area contributed by atoms with E-state index in [-0.39, 0.29) is 0 Å². The van der Waals surface area contributed by atoms with Crippen LogP contribution in [0.2, 0.25) is 0 Å². The van der Waals surface area contributed by atoms with Crippen molar-refractivity contribution < 1.29 is 9.47 Å². The number of hydrogen-bond acceptors (Lipinski definition) is 8. The fraction of sp³-hybridized carbons (Fsp3) is 0.957. The van der Waals surface area contributed by atoms with E-state index >= 15 is 0 Å². The van der Waals surface area contributed by atoms with E-state index in [2.05, 4.69) is 167 Å². The zero-order valence-electron chi connectivity index (χ0n) is 39.5. The van der Waals surface area contributed by atoms with Crippen LogP contribution in [0.1, 0.15) is 154 Å². The van der Waals surface area contributed by atoms with Crippen molar-refractivity contribution in [3.8, 4) is 0 Å². The number of likely N-dealkylation sites (tertiary alicyclic amines) is 3. The minimum absolute atomic E-state index is 0.324. The molecule has 54 heavy (non-hydrogen) atoms. The van der Waals surface area contributed by atoms with Gasteiger partial charge in [-0.1, -0.05) is 31.4 Å². The fourth-order valence-corrected chi connectivity index (χ4v) is 7.90. The molecule has 6 heterocycles. The third kappa shape index (κ3) is 18.8. The lowest BCUT2D eigenvalue weighted by Gasteiger charge is -2.35. The maximum absolute atomic E-state index is 5.32. The Morgan fingerprint density at radius 1 is 0.333 bits per heavy atom. The number of ether oxygens (including phenoxy) is 2. The highest BCUT2D eigenvalue weighted by Gasteiger charge is 2.24. The Hall–Kier alpha value is -0.580. The number of morpholine rings is 1. The average Bonchev–Trinajstić information content (AvgIpc) is 3.48. The Labute approximate surface area is 338 Å². The summed E-state index contributed by atoms with van der Waals surface area (Å²) >= 11 is 0. The Kier molecular flexibility index (Phi) is 25.9. The second-order valence-corrected chi connectivity index (χ2v) is 18.5. The number of rotatable bonds is 0. The summed E-state index contributed by atoms with van der Waals surface area (Å²) in [7, 11) is 13.1. The van der Waals surface area contributed by atoms with Crippen molar-refractivity contribution in [2.24, 2.45) is 0 Å². The molecule has 0 aliphatic carbocycles. The molecule has 0 bridgehead atoms. The molecule has 0 aromatic rings. The molecule has 0 aromatic carbocycles. The number of nitrogens with zero attached hydrogens (tertiary/aromatic N) is 6. The molecule has 5 saturated heterocycles. The molecule has 12 unspecified atom stereocenters. The zero-order valence-corrected chi connectivity index (χ0v) is 39.5. The quantitative estimate of drug-likeness (QED) is 0.227. The van der Waals surface area contributed by atoms with E-state index < -0.39 is 0 Å². The largest absolute Gasteiger partial charge is 0.378 e. The maximum atomic E-state index is 5.32. The van der Waals surface area contributed by atoms with Crippen LogP contribution in [0.3, 0.4) is 0 Å². The third-order valence-corrected chi connectivity index (χ3v) is 14.4. The lowest BCUT2D eigenvalue weighted by atomic mass is 9.99. The standard InChI is InChI=1S/C9H19N.C9H17N.C8H17N.C7H15NO.C7H15N.C6H13NO/c2*1-8-6-4-5-7-9(2)10(8)3;1-7-5-4-6-8(2)9(7)3;1-6-4-9-5-7(2)8(6)3;1-6-4-5-7(2)8(6)3;1-5-4-8-6(2)7(5)3/h8-9H,4-7H2,1-3H3;4-5,8-9H,6-7H2,1-3H3;7-8H,4-6H2,1-3H3;6-7H,4-5H2,1-3H3;6-7H,4-5H2,1-3H3;5-6H,4H2,1-3H3. The lowest BCUT2D eigenvalue weighted by Crippen LogP contribution is -2.46. The number of piperidine rings is 1. The van der Waals surface area contributed by atoms with Gasteiger partial charge in [-0.3, -0.25) is 9.80 Å². The number of hydrogen-bond donors (Lipinski definition) is 0. The normalized spacial score (nSPS) is 38.7. The van der Waals surface area contributed by atoms with Crippen molar-refractivity contribution in [1.29, 1.82) is 0 Å². The predicted molar refractivity (Wildman–Crippen MR) is 237 cm³/mol. The molecule has 0 saturated carbocycles. The van der Waals surface area contributed by atoms with Crippen LogP contribution in [0.5, 0.6) is 0 Å². The second kappa shape index (κ2) is 27.2. The van der Waals surface area contributed by atoms with Crippen molar-refractivity contribution in [2.45, 2.75) is 226 Å². The second-order valence-electron chi connectivity index (χ2n) is 18.5. The fourth-order valence-electron chi connectivity index (χ4n) is 7.90.